The minimum Gasteiger partial charge on any atom is -0.464 e. The number of nitrogens with zero attached hydrogens (tertiary/aromatic N) is 7. The fourth-order valence-electron chi connectivity index (χ4n) is 10.3. The molecule has 17 heteroatoms. The van der Waals surface area contributed by atoms with Crippen LogP contribution in [0.5, 0.6) is 0 Å². The number of urea groups is 1. The van der Waals surface area contributed by atoms with Gasteiger partial charge in [0.05, 0.1) is 46.9 Å². The van der Waals surface area contributed by atoms with E-state index in [0.29, 0.717) is 56.9 Å². The Morgan fingerprint density at radius 1 is 1.12 bits per heavy atom. The highest BCUT2D eigenvalue weighted by Gasteiger charge is 2.52. The van der Waals surface area contributed by atoms with Crippen molar-refractivity contribution in [2.24, 2.45) is 11.3 Å². The number of hydrogen-bond acceptors (Lipinski definition) is 11. The number of esters is 1. The first-order chi connectivity index (χ1) is 31.5. The highest BCUT2D eigenvalue weighted by Crippen LogP contribution is 2.42. The Morgan fingerprint density at radius 2 is 1.91 bits per heavy atom. The molecule has 0 spiro atoms. The van der Waals surface area contributed by atoms with E-state index in [4.69, 9.17) is 19.4 Å². The van der Waals surface area contributed by atoms with Gasteiger partial charge in [-0.2, -0.15) is 0 Å². The van der Waals surface area contributed by atoms with Crippen molar-refractivity contribution in [3.63, 3.8) is 0 Å². The monoisotopic (exact) mass is 921 g/mol. The topological polar surface area (TPSA) is 172 Å². The Labute approximate surface area is 390 Å². The Balaban J connectivity index is 1.14. The van der Waals surface area contributed by atoms with Crippen molar-refractivity contribution < 1.29 is 33.4 Å². The molecule has 4 aliphatic rings. The lowest BCUT2D eigenvalue weighted by Gasteiger charge is -2.48. The third-order valence-corrected chi connectivity index (χ3v) is 14.6. The van der Waals surface area contributed by atoms with Gasteiger partial charge in [-0.25, -0.2) is 15.2 Å². The molecule has 352 valence electrons. The standard InChI is InChI=1S/C49H63N9O7S/c1-10-41(59)56-21-18-38-39(56)25-57(38)48(63)54(8)43(28(3)4)45(60)52-35-23-40-51-36(26-66-40)30-16-17-37-32(22-30)33(44(55(37)11-2)31-14-12-19-50-42(31)29(5)64-9)24-49(6,7)27-65-47(62)34-15-13-20-58(53-34)46(35)61/h10,12,14,16-17,19,22,26,28-29,34-35,38-39,43,53H,1,11,13,15,18,20-21,23-25,27H2,2-9H3,(H,52,60)/t29-,34-,35-,38+,39+,43-/m0/s1. The summed E-state index contributed by atoms with van der Waals surface area (Å²) >= 11 is 1.41. The molecule has 0 saturated carbocycles. The fourth-order valence-corrected chi connectivity index (χ4v) is 11.1. The number of aromatic nitrogens is 3. The van der Waals surface area contributed by atoms with Gasteiger partial charge < -0.3 is 34.1 Å². The lowest BCUT2D eigenvalue weighted by Crippen LogP contribution is -2.68. The van der Waals surface area contributed by atoms with E-state index in [1.807, 2.05) is 32.2 Å². The predicted molar refractivity (Wildman–Crippen MR) is 252 cm³/mol. The smallest absolute Gasteiger partial charge is 0.324 e. The van der Waals surface area contributed by atoms with Crippen LogP contribution in [0.15, 0.2) is 54.6 Å². The second-order valence-electron chi connectivity index (χ2n) is 19.2. The van der Waals surface area contributed by atoms with Crippen LogP contribution in [-0.2, 0) is 48.0 Å². The molecule has 0 aliphatic carbocycles. The Hall–Kier alpha value is -5.65. The van der Waals surface area contributed by atoms with Gasteiger partial charge in [0, 0.05) is 85.8 Å². The van der Waals surface area contributed by atoms with Gasteiger partial charge in [-0.1, -0.05) is 40.3 Å². The van der Waals surface area contributed by atoms with Crippen LogP contribution in [0, 0.1) is 11.3 Å². The maximum atomic E-state index is 14.6. The molecule has 8 rings (SSSR count). The van der Waals surface area contributed by atoms with Crippen molar-refractivity contribution in [2.45, 2.75) is 117 Å². The van der Waals surface area contributed by atoms with Crippen LogP contribution in [0.3, 0.4) is 0 Å². The zero-order chi connectivity index (χ0) is 47.2. The number of pyridine rings is 1. The number of hydrazine groups is 1. The van der Waals surface area contributed by atoms with Gasteiger partial charge in [0.1, 0.15) is 18.1 Å². The summed E-state index contributed by atoms with van der Waals surface area (Å²) in [5, 5.41) is 8.12. The lowest BCUT2D eigenvalue weighted by atomic mass is 9.84. The SMILES string of the molecule is C=CC(=O)N1CC[C@@H]2[C@H]1CN2C(=O)N(C)[C@H](C(=O)N[C@H]1Cc2nc(cs2)-c2ccc3c(c2)c(c(-c2cccnc2[C@H](C)OC)n3CC)CC(C)(C)COC(=O)[C@@H]2CCCN(N2)C1=O)C(C)C. The first-order valence-electron chi connectivity index (χ1n) is 23.1. The minimum absolute atomic E-state index is 0.0770. The van der Waals surface area contributed by atoms with E-state index >= 15 is 0 Å². The van der Waals surface area contributed by atoms with Crippen LogP contribution in [0.1, 0.15) is 83.2 Å². The van der Waals surface area contributed by atoms with Crippen molar-refractivity contribution in [3.05, 3.63) is 70.8 Å². The van der Waals surface area contributed by atoms with Gasteiger partial charge in [-0.15, -0.1) is 11.3 Å². The van der Waals surface area contributed by atoms with E-state index in [1.165, 1.54) is 27.3 Å². The molecule has 5 amide bonds. The summed E-state index contributed by atoms with van der Waals surface area (Å²) in [6, 6.07) is 7.09. The molecular weight excluding hydrogens is 859 g/mol. The molecule has 4 aromatic rings. The van der Waals surface area contributed by atoms with Gasteiger partial charge in [-0.05, 0) is 81.4 Å². The highest BCUT2D eigenvalue weighted by atomic mass is 32.1. The highest BCUT2D eigenvalue weighted by molar-refractivity contribution is 7.10. The van der Waals surface area contributed by atoms with Gasteiger partial charge in [0.25, 0.3) is 5.91 Å². The quantitative estimate of drug-likeness (QED) is 0.156. The molecule has 7 heterocycles. The average Bonchev–Trinajstić information content (AvgIpc) is 3.99. The number of cyclic esters (lactones) is 1. The molecule has 6 bridgehead atoms. The molecule has 4 aliphatic heterocycles. The number of benzene rings is 1. The summed E-state index contributed by atoms with van der Waals surface area (Å²) in [4.78, 5) is 84.3. The normalized spacial score (nSPS) is 22.8. The van der Waals surface area contributed by atoms with Gasteiger partial charge in [0.2, 0.25) is 11.8 Å². The number of likely N-dealkylation sites (N-methyl/N-ethyl adjacent to an activating group) is 1. The summed E-state index contributed by atoms with van der Waals surface area (Å²) in [7, 11) is 3.29. The number of hydrogen-bond donors (Lipinski definition) is 2. The number of ether oxygens (including phenoxy) is 2. The minimum atomic E-state index is -1.08. The second-order valence-corrected chi connectivity index (χ2v) is 20.1. The van der Waals surface area contributed by atoms with Gasteiger partial charge in [-0.3, -0.25) is 29.2 Å². The molecule has 66 heavy (non-hydrogen) atoms. The Morgan fingerprint density at radius 3 is 2.64 bits per heavy atom. The Kier molecular flexibility index (Phi) is 13.4. The van der Waals surface area contributed by atoms with E-state index in [0.717, 1.165) is 44.7 Å². The van der Waals surface area contributed by atoms with Crippen LogP contribution in [-0.4, -0.2) is 135 Å². The first-order valence-corrected chi connectivity index (χ1v) is 24.0. The first kappa shape index (κ1) is 46.9. The van der Waals surface area contributed by atoms with Crippen LogP contribution >= 0.6 is 11.3 Å². The van der Waals surface area contributed by atoms with E-state index in [9.17, 15) is 24.0 Å². The number of amides is 5. The maximum absolute atomic E-state index is 14.6. The predicted octanol–water partition coefficient (Wildman–Crippen LogP) is 5.75. The number of rotatable bonds is 9. The van der Waals surface area contributed by atoms with Gasteiger partial charge >= 0.3 is 12.0 Å². The third-order valence-electron chi connectivity index (χ3n) is 13.8. The van der Waals surface area contributed by atoms with Crippen LogP contribution in [0.2, 0.25) is 0 Å². The summed E-state index contributed by atoms with van der Waals surface area (Å²) < 4.78 is 14.2. The summed E-state index contributed by atoms with van der Waals surface area (Å²) in [5.41, 5.74) is 9.27. The molecule has 3 saturated heterocycles. The number of fused-ring (bicyclic) bond motifs is 7. The average molecular weight is 922 g/mol. The summed E-state index contributed by atoms with van der Waals surface area (Å²) in [5.74, 6) is -1.82. The third kappa shape index (κ3) is 8.84. The van der Waals surface area contributed by atoms with Crippen molar-refractivity contribution in [1.82, 2.24) is 45.0 Å². The second kappa shape index (κ2) is 18.9. The van der Waals surface area contributed by atoms with Crippen LogP contribution < -0.4 is 10.7 Å². The molecule has 16 nitrogen and oxygen atoms in total. The number of methoxy groups -OCH3 is 1. The molecule has 0 unspecified atom stereocenters. The van der Waals surface area contributed by atoms with E-state index in [1.54, 1.807) is 30.2 Å². The molecule has 2 N–H and O–H groups in total. The van der Waals surface area contributed by atoms with Crippen LogP contribution in [0.25, 0.3) is 33.4 Å². The number of thiazole rings is 1. The number of likely N-dealkylation sites (tertiary alicyclic amines) is 2. The van der Waals surface area contributed by atoms with Crippen molar-refractivity contribution in [2.75, 3.05) is 40.4 Å². The lowest BCUT2D eigenvalue weighted by molar-refractivity contribution is -0.155. The van der Waals surface area contributed by atoms with E-state index in [2.05, 4.69) is 66.9 Å². The maximum Gasteiger partial charge on any atom is 0.324 e. The van der Waals surface area contributed by atoms with Crippen molar-refractivity contribution >= 4 is 52.0 Å². The van der Waals surface area contributed by atoms with E-state index < -0.39 is 41.3 Å². The fraction of sp³-hybridized carbons (Fsp3) is 0.531. The largest absolute Gasteiger partial charge is 0.464 e. The van der Waals surface area contributed by atoms with E-state index in [-0.39, 0.29) is 49.1 Å². The molecule has 6 atom stereocenters. The molecule has 3 aromatic heterocycles. The van der Waals surface area contributed by atoms with Crippen LogP contribution in [0.4, 0.5) is 4.79 Å². The summed E-state index contributed by atoms with van der Waals surface area (Å²) in [6.07, 6.45) is 5.14. The number of carbonyl (C=O) groups is 5. The Bertz CT molecular complexity index is 2530. The number of aryl methyl sites for hydroxylation is 1. The summed E-state index contributed by atoms with van der Waals surface area (Å²) in [6.45, 7) is 17.7. The van der Waals surface area contributed by atoms with Gasteiger partial charge in [0.15, 0.2) is 0 Å². The molecular formula is C49H63N9O7S. The molecule has 3 fully saturated rings. The number of carbonyl (C=O) groups excluding carboxylic acids is 5. The number of nitrogens with one attached hydrogen (secondary N) is 2. The van der Waals surface area contributed by atoms with Crippen molar-refractivity contribution in [1.29, 1.82) is 0 Å². The zero-order valence-corrected chi connectivity index (χ0v) is 40.2. The molecule has 1 aromatic carbocycles. The van der Waals surface area contributed by atoms with Crippen molar-refractivity contribution in [3.8, 4) is 22.5 Å². The zero-order valence-electron chi connectivity index (χ0n) is 39.3. The molecule has 0 radical (unpaired) electrons.